The van der Waals surface area contributed by atoms with E-state index in [-0.39, 0.29) is 6.61 Å². The Bertz CT molecular complexity index is 128. The molecule has 1 unspecified atom stereocenters. The smallest absolute Gasteiger partial charge is 0.0853 e. The van der Waals surface area contributed by atoms with E-state index < -0.39 is 0 Å². The highest BCUT2D eigenvalue weighted by Gasteiger charge is 2.12. The first kappa shape index (κ1) is 7.44. The zero-order chi connectivity index (χ0) is 6.69. The standard InChI is InChI=1S/C5H8BrNOS/c6-4-3-9-5(7-4)1-2-8/h3,5,7-8H,1-2H2. The molecule has 1 aliphatic rings. The lowest BCUT2D eigenvalue weighted by Gasteiger charge is -2.07. The van der Waals surface area contributed by atoms with Crippen LogP contribution in [0.3, 0.4) is 0 Å². The Morgan fingerprint density at radius 3 is 3.11 bits per heavy atom. The molecule has 0 aromatic carbocycles. The summed E-state index contributed by atoms with van der Waals surface area (Å²) >= 11 is 4.99. The molecule has 0 saturated heterocycles. The van der Waals surface area contributed by atoms with Gasteiger partial charge in [-0.25, -0.2) is 0 Å². The molecule has 0 amide bonds. The number of aliphatic hydroxyl groups excluding tert-OH is 1. The zero-order valence-corrected chi connectivity index (χ0v) is 7.20. The van der Waals surface area contributed by atoms with Gasteiger partial charge in [-0.3, -0.25) is 0 Å². The molecule has 0 spiro atoms. The van der Waals surface area contributed by atoms with Crippen LogP contribution in [0.5, 0.6) is 0 Å². The fourth-order valence-electron chi connectivity index (χ4n) is 0.621. The zero-order valence-electron chi connectivity index (χ0n) is 4.80. The summed E-state index contributed by atoms with van der Waals surface area (Å²) in [5, 5.41) is 14.0. The third-order valence-electron chi connectivity index (χ3n) is 1.03. The minimum Gasteiger partial charge on any atom is -0.396 e. The van der Waals surface area contributed by atoms with E-state index in [0.717, 1.165) is 11.0 Å². The summed E-state index contributed by atoms with van der Waals surface area (Å²) in [7, 11) is 0. The van der Waals surface area contributed by atoms with Gasteiger partial charge in [-0.2, -0.15) is 0 Å². The van der Waals surface area contributed by atoms with E-state index in [9.17, 15) is 0 Å². The van der Waals surface area contributed by atoms with Gasteiger partial charge < -0.3 is 10.4 Å². The Morgan fingerprint density at radius 1 is 1.89 bits per heavy atom. The van der Waals surface area contributed by atoms with Crippen molar-refractivity contribution in [1.29, 1.82) is 0 Å². The highest BCUT2D eigenvalue weighted by molar-refractivity contribution is 9.11. The molecule has 1 rings (SSSR count). The Labute approximate surface area is 66.8 Å². The third kappa shape index (κ3) is 2.20. The second-order valence-electron chi connectivity index (χ2n) is 1.75. The van der Waals surface area contributed by atoms with Gasteiger partial charge in [-0.1, -0.05) is 0 Å². The molecule has 0 aromatic heterocycles. The number of rotatable bonds is 2. The Hall–Kier alpha value is 0.330. The molecule has 0 aliphatic carbocycles. The van der Waals surface area contributed by atoms with Crippen molar-refractivity contribution in [3.05, 3.63) is 10.0 Å². The molecule has 2 nitrogen and oxygen atoms in total. The molecule has 0 radical (unpaired) electrons. The van der Waals surface area contributed by atoms with Crippen LogP contribution in [-0.2, 0) is 0 Å². The van der Waals surface area contributed by atoms with Gasteiger partial charge in [0.25, 0.3) is 0 Å². The van der Waals surface area contributed by atoms with Crippen LogP contribution < -0.4 is 5.32 Å². The maximum Gasteiger partial charge on any atom is 0.0853 e. The van der Waals surface area contributed by atoms with E-state index in [1.807, 2.05) is 5.41 Å². The lowest BCUT2D eigenvalue weighted by atomic mass is 10.4. The summed E-state index contributed by atoms with van der Waals surface area (Å²) in [6, 6.07) is 0. The number of hydrogen-bond acceptors (Lipinski definition) is 3. The van der Waals surface area contributed by atoms with Crippen LogP contribution in [0.15, 0.2) is 10.0 Å². The van der Waals surface area contributed by atoms with E-state index in [1.54, 1.807) is 11.8 Å². The topological polar surface area (TPSA) is 32.3 Å². The van der Waals surface area contributed by atoms with Crippen LogP contribution in [0, 0.1) is 0 Å². The Morgan fingerprint density at radius 2 is 2.67 bits per heavy atom. The van der Waals surface area contributed by atoms with Crippen molar-refractivity contribution >= 4 is 27.7 Å². The highest BCUT2D eigenvalue weighted by Crippen LogP contribution is 2.25. The fraction of sp³-hybridized carbons (Fsp3) is 0.600. The molecule has 2 N–H and O–H groups in total. The number of thioether (sulfide) groups is 1. The van der Waals surface area contributed by atoms with E-state index >= 15 is 0 Å². The van der Waals surface area contributed by atoms with Gasteiger partial charge in [-0.15, -0.1) is 11.8 Å². The first-order valence-corrected chi connectivity index (χ1v) is 4.45. The van der Waals surface area contributed by atoms with Gasteiger partial charge in [0.1, 0.15) is 0 Å². The second-order valence-corrected chi connectivity index (χ2v) is 3.68. The summed E-state index contributed by atoms with van der Waals surface area (Å²) in [5.41, 5.74) is 0. The van der Waals surface area contributed by atoms with Crippen LogP contribution >= 0.6 is 27.7 Å². The predicted molar refractivity (Wildman–Crippen MR) is 43.2 cm³/mol. The van der Waals surface area contributed by atoms with Gasteiger partial charge in [0.2, 0.25) is 0 Å². The molecule has 9 heavy (non-hydrogen) atoms. The van der Waals surface area contributed by atoms with Crippen molar-refractivity contribution in [2.24, 2.45) is 0 Å². The molecule has 52 valence electrons. The summed E-state index contributed by atoms with van der Waals surface area (Å²) < 4.78 is 1.02. The summed E-state index contributed by atoms with van der Waals surface area (Å²) in [5.74, 6) is 0. The molecule has 1 aliphatic heterocycles. The van der Waals surface area contributed by atoms with Gasteiger partial charge in [0.05, 0.1) is 9.98 Å². The average molecular weight is 210 g/mol. The molecule has 0 bridgehead atoms. The molecule has 1 heterocycles. The van der Waals surface area contributed by atoms with Crippen molar-refractivity contribution in [1.82, 2.24) is 5.32 Å². The number of hydrogen-bond donors (Lipinski definition) is 2. The molecule has 1 atom stereocenters. The number of aliphatic hydroxyl groups is 1. The third-order valence-corrected chi connectivity index (χ3v) is 2.84. The molecule has 0 saturated carbocycles. The minimum atomic E-state index is 0.249. The van der Waals surface area contributed by atoms with Crippen molar-refractivity contribution < 1.29 is 5.11 Å². The van der Waals surface area contributed by atoms with Crippen molar-refractivity contribution in [3.8, 4) is 0 Å². The molecule has 0 fully saturated rings. The summed E-state index contributed by atoms with van der Waals surface area (Å²) in [4.78, 5) is 0. The molecular weight excluding hydrogens is 202 g/mol. The fourth-order valence-corrected chi connectivity index (χ4v) is 2.16. The van der Waals surface area contributed by atoms with Crippen LogP contribution in [0.25, 0.3) is 0 Å². The van der Waals surface area contributed by atoms with E-state index in [4.69, 9.17) is 5.11 Å². The largest absolute Gasteiger partial charge is 0.396 e. The number of halogens is 1. The van der Waals surface area contributed by atoms with Crippen LogP contribution in [0.4, 0.5) is 0 Å². The van der Waals surface area contributed by atoms with Crippen LogP contribution in [-0.4, -0.2) is 17.1 Å². The first-order valence-electron chi connectivity index (χ1n) is 2.71. The van der Waals surface area contributed by atoms with Gasteiger partial charge in [0.15, 0.2) is 0 Å². The van der Waals surface area contributed by atoms with Crippen molar-refractivity contribution in [2.45, 2.75) is 11.8 Å². The van der Waals surface area contributed by atoms with Crippen molar-refractivity contribution in [3.63, 3.8) is 0 Å². The molecular formula is C5H8BrNOS. The van der Waals surface area contributed by atoms with E-state index in [1.165, 1.54) is 0 Å². The van der Waals surface area contributed by atoms with Crippen LogP contribution in [0.1, 0.15) is 6.42 Å². The van der Waals surface area contributed by atoms with Crippen LogP contribution in [0.2, 0.25) is 0 Å². The maximum atomic E-state index is 8.52. The quantitative estimate of drug-likeness (QED) is 0.672. The molecule has 4 heteroatoms. The SMILES string of the molecule is OCCC1NC(Br)=CS1. The average Bonchev–Trinajstić information content (AvgIpc) is 2.17. The van der Waals surface area contributed by atoms with Gasteiger partial charge in [0, 0.05) is 18.4 Å². The Kier molecular flexibility index (Phi) is 2.88. The highest BCUT2D eigenvalue weighted by atomic mass is 79.9. The van der Waals surface area contributed by atoms with Gasteiger partial charge >= 0.3 is 0 Å². The minimum absolute atomic E-state index is 0.249. The lowest BCUT2D eigenvalue weighted by molar-refractivity contribution is 0.284. The summed E-state index contributed by atoms with van der Waals surface area (Å²) in [6.45, 7) is 0.249. The maximum absolute atomic E-state index is 8.52. The molecule has 0 aromatic rings. The van der Waals surface area contributed by atoms with Crippen molar-refractivity contribution in [2.75, 3.05) is 6.61 Å². The number of nitrogens with one attached hydrogen (secondary N) is 1. The van der Waals surface area contributed by atoms with E-state index in [2.05, 4.69) is 21.2 Å². The summed E-state index contributed by atoms with van der Waals surface area (Å²) in [6.07, 6.45) is 0.802. The predicted octanol–water partition coefficient (Wildman–Crippen LogP) is 1.23. The van der Waals surface area contributed by atoms with E-state index in [0.29, 0.717) is 5.37 Å². The Balaban J connectivity index is 2.21. The monoisotopic (exact) mass is 209 g/mol. The van der Waals surface area contributed by atoms with Gasteiger partial charge in [-0.05, 0) is 15.9 Å². The second kappa shape index (κ2) is 3.49. The lowest BCUT2D eigenvalue weighted by Crippen LogP contribution is -2.19. The first-order chi connectivity index (χ1) is 4.33. The normalized spacial score (nSPS) is 25.6.